The highest BCUT2D eigenvalue weighted by Crippen LogP contribution is 2.36. The van der Waals surface area contributed by atoms with Crippen LogP contribution in [0, 0.1) is 22.2 Å². The molecule has 0 aromatic carbocycles. The molecule has 20 heavy (non-hydrogen) atoms. The van der Waals surface area contributed by atoms with Gasteiger partial charge >= 0.3 is 0 Å². The average Bonchev–Trinajstić information content (AvgIpc) is 2.54. The first-order chi connectivity index (χ1) is 9.66. The van der Waals surface area contributed by atoms with Crippen LogP contribution in [-0.2, 0) is 9.53 Å². The summed E-state index contributed by atoms with van der Waals surface area (Å²) in [5.74, 6) is -0.193. The molecule has 0 radical (unpaired) electrons. The third-order valence-electron chi connectivity index (χ3n) is 4.87. The number of hydrogen-bond acceptors (Lipinski definition) is 4. The van der Waals surface area contributed by atoms with Crippen LogP contribution < -0.4 is 5.32 Å². The number of amides is 1. The van der Waals surface area contributed by atoms with Crippen molar-refractivity contribution in [3.63, 3.8) is 0 Å². The molecule has 5 nitrogen and oxygen atoms in total. The standard InChI is InChI=1S/C15H24N2O3/c16-10-15(6-8-20-9-7-15)13(19)17-11-14(12-18)4-2-1-3-5-14/h18H,1-9,11-12H2,(H,17,19). The Labute approximate surface area is 120 Å². The van der Waals surface area contributed by atoms with E-state index in [2.05, 4.69) is 11.4 Å². The summed E-state index contributed by atoms with van der Waals surface area (Å²) in [5, 5.41) is 21.9. The zero-order valence-electron chi connectivity index (χ0n) is 12.0. The van der Waals surface area contributed by atoms with Crippen molar-refractivity contribution in [2.24, 2.45) is 10.8 Å². The van der Waals surface area contributed by atoms with Crippen molar-refractivity contribution in [2.75, 3.05) is 26.4 Å². The number of carbonyl (C=O) groups excluding carboxylic acids is 1. The molecule has 112 valence electrons. The summed E-state index contributed by atoms with van der Waals surface area (Å²) >= 11 is 0. The molecular weight excluding hydrogens is 256 g/mol. The van der Waals surface area contributed by atoms with E-state index in [0.717, 1.165) is 25.7 Å². The number of hydrogen-bond donors (Lipinski definition) is 2. The predicted octanol–water partition coefficient (Wildman–Crippen LogP) is 1.37. The van der Waals surface area contributed by atoms with Crippen LogP contribution in [0.2, 0.25) is 0 Å². The number of aliphatic hydroxyl groups is 1. The van der Waals surface area contributed by atoms with Crippen LogP contribution in [-0.4, -0.2) is 37.4 Å². The molecule has 1 saturated heterocycles. The molecule has 2 N–H and O–H groups in total. The molecule has 5 heteroatoms. The summed E-state index contributed by atoms with van der Waals surface area (Å²) in [6, 6.07) is 2.18. The minimum absolute atomic E-state index is 0.107. The average molecular weight is 280 g/mol. The summed E-state index contributed by atoms with van der Waals surface area (Å²) in [6.45, 7) is 1.51. The minimum Gasteiger partial charge on any atom is -0.396 e. The van der Waals surface area contributed by atoms with Crippen LogP contribution in [0.25, 0.3) is 0 Å². The molecule has 2 aliphatic rings. The van der Waals surface area contributed by atoms with Crippen molar-refractivity contribution < 1.29 is 14.6 Å². The molecule has 0 aromatic heterocycles. The molecule has 1 amide bonds. The van der Waals surface area contributed by atoms with E-state index in [0.29, 0.717) is 32.6 Å². The second-order valence-electron chi connectivity index (χ2n) is 6.21. The van der Waals surface area contributed by atoms with Gasteiger partial charge in [0.15, 0.2) is 0 Å². The second-order valence-corrected chi connectivity index (χ2v) is 6.21. The maximum Gasteiger partial charge on any atom is 0.240 e. The Balaban J connectivity index is 1.95. The zero-order valence-corrected chi connectivity index (χ0v) is 12.0. The third-order valence-corrected chi connectivity index (χ3v) is 4.87. The Morgan fingerprint density at radius 1 is 1.20 bits per heavy atom. The van der Waals surface area contributed by atoms with Crippen molar-refractivity contribution in [2.45, 2.75) is 44.9 Å². The highest BCUT2D eigenvalue weighted by atomic mass is 16.5. The van der Waals surface area contributed by atoms with Crippen LogP contribution in [0.3, 0.4) is 0 Å². The van der Waals surface area contributed by atoms with Crippen LogP contribution in [0.5, 0.6) is 0 Å². The third kappa shape index (κ3) is 3.13. The highest BCUT2D eigenvalue weighted by Gasteiger charge is 2.41. The number of ether oxygens (including phenoxy) is 1. The van der Waals surface area contributed by atoms with Gasteiger partial charge in [-0.25, -0.2) is 0 Å². The largest absolute Gasteiger partial charge is 0.396 e. The van der Waals surface area contributed by atoms with Crippen molar-refractivity contribution in [1.29, 1.82) is 5.26 Å². The fraction of sp³-hybridized carbons (Fsp3) is 0.867. The SMILES string of the molecule is N#CC1(C(=O)NCC2(CO)CCCCC2)CCOCC1. The fourth-order valence-electron chi connectivity index (χ4n) is 3.24. The van der Waals surface area contributed by atoms with Crippen LogP contribution in [0.1, 0.15) is 44.9 Å². The molecule has 0 bridgehead atoms. The molecule has 0 unspecified atom stereocenters. The summed E-state index contributed by atoms with van der Waals surface area (Å²) in [5.41, 5.74) is -1.13. The molecule has 0 aromatic rings. The van der Waals surface area contributed by atoms with Gasteiger partial charge in [-0.05, 0) is 25.7 Å². The van der Waals surface area contributed by atoms with E-state index < -0.39 is 5.41 Å². The maximum absolute atomic E-state index is 12.4. The topological polar surface area (TPSA) is 82.4 Å². The predicted molar refractivity (Wildman–Crippen MR) is 73.7 cm³/mol. The highest BCUT2D eigenvalue weighted by molar-refractivity contribution is 5.85. The maximum atomic E-state index is 12.4. The minimum atomic E-state index is -0.941. The fourth-order valence-corrected chi connectivity index (χ4v) is 3.24. The van der Waals surface area contributed by atoms with Gasteiger partial charge in [0, 0.05) is 25.2 Å². The Bertz CT molecular complexity index is 377. The summed E-state index contributed by atoms with van der Waals surface area (Å²) < 4.78 is 5.24. The van der Waals surface area contributed by atoms with Crippen molar-refractivity contribution >= 4 is 5.91 Å². The van der Waals surface area contributed by atoms with Crippen LogP contribution >= 0.6 is 0 Å². The lowest BCUT2D eigenvalue weighted by molar-refractivity contribution is -0.133. The lowest BCUT2D eigenvalue weighted by atomic mass is 9.74. The number of carbonyl (C=O) groups is 1. The quantitative estimate of drug-likeness (QED) is 0.814. The van der Waals surface area contributed by atoms with Gasteiger partial charge in [-0.1, -0.05) is 19.3 Å². The first kappa shape index (κ1) is 15.3. The van der Waals surface area contributed by atoms with E-state index in [9.17, 15) is 15.2 Å². The first-order valence-corrected chi connectivity index (χ1v) is 7.55. The normalized spacial score (nSPS) is 24.6. The molecule has 0 spiro atoms. The van der Waals surface area contributed by atoms with E-state index in [1.165, 1.54) is 6.42 Å². The van der Waals surface area contributed by atoms with Gasteiger partial charge in [-0.3, -0.25) is 4.79 Å². The Hall–Kier alpha value is -1.12. The molecule has 1 heterocycles. The molecule has 1 saturated carbocycles. The van der Waals surface area contributed by atoms with Gasteiger partial charge in [-0.15, -0.1) is 0 Å². The number of rotatable bonds is 4. The summed E-state index contributed by atoms with van der Waals surface area (Å²) in [7, 11) is 0. The number of nitrogens with zero attached hydrogens (tertiary/aromatic N) is 1. The molecule has 2 fully saturated rings. The molecule has 1 aliphatic carbocycles. The Morgan fingerprint density at radius 3 is 2.40 bits per heavy atom. The van der Waals surface area contributed by atoms with E-state index in [-0.39, 0.29) is 17.9 Å². The van der Waals surface area contributed by atoms with Gasteiger partial charge in [0.2, 0.25) is 5.91 Å². The van der Waals surface area contributed by atoms with Gasteiger partial charge in [0.1, 0.15) is 5.41 Å². The zero-order chi connectivity index (χ0) is 14.5. The monoisotopic (exact) mass is 280 g/mol. The first-order valence-electron chi connectivity index (χ1n) is 7.55. The number of nitriles is 1. The van der Waals surface area contributed by atoms with E-state index in [1.807, 2.05) is 0 Å². The van der Waals surface area contributed by atoms with E-state index in [4.69, 9.17) is 4.74 Å². The van der Waals surface area contributed by atoms with Crippen molar-refractivity contribution in [3.05, 3.63) is 0 Å². The van der Waals surface area contributed by atoms with Gasteiger partial charge in [0.05, 0.1) is 12.7 Å². The lowest BCUT2D eigenvalue weighted by Crippen LogP contribution is -2.48. The van der Waals surface area contributed by atoms with Gasteiger partial charge < -0.3 is 15.2 Å². The molecular formula is C15H24N2O3. The number of nitrogens with one attached hydrogen (secondary N) is 1. The molecule has 2 rings (SSSR count). The van der Waals surface area contributed by atoms with Crippen molar-refractivity contribution in [1.82, 2.24) is 5.32 Å². The summed E-state index contributed by atoms with van der Waals surface area (Å²) in [6.07, 6.45) is 6.23. The van der Waals surface area contributed by atoms with E-state index in [1.54, 1.807) is 0 Å². The molecule has 0 atom stereocenters. The van der Waals surface area contributed by atoms with Gasteiger partial charge in [0.25, 0.3) is 0 Å². The smallest absolute Gasteiger partial charge is 0.240 e. The van der Waals surface area contributed by atoms with Crippen molar-refractivity contribution in [3.8, 4) is 6.07 Å². The second kappa shape index (κ2) is 6.55. The van der Waals surface area contributed by atoms with Crippen LogP contribution in [0.15, 0.2) is 0 Å². The van der Waals surface area contributed by atoms with Gasteiger partial charge in [-0.2, -0.15) is 5.26 Å². The summed E-state index contributed by atoms with van der Waals surface area (Å²) in [4.78, 5) is 12.4. The van der Waals surface area contributed by atoms with Crippen LogP contribution in [0.4, 0.5) is 0 Å². The lowest BCUT2D eigenvalue weighted by Gasteiger charge is -2.37. The number of aliphatic hydroxyl groups excluding tert-OH is 1. The molecule has 1 aliphatic heterocycles. The Kier molecular flexibility index (Phi) is 5.00. The van der Waals surface area contributed by atoms with E-state index >= 15 is 0 Å². The Morgan fingerprint density at radius 2 is 1.85 bits per heavy atom.